The van der Waals surface area contributed by atoms with Gasteiger partial charge in [0.2, 0.25) is 0 Å². The fourth-order valence-corrected chi connectivity index (χ4v) is 2.01. The highest BCUT2D eigenvalue weighted by Crippen LogP contribution is 2.32. The summed E-state index contributed by atoms with van der Waals surface area (Å²) >= 11 is 0. The zero-order valence-corrected chi connectivity index (χ0v) is 10.9. The van der Waals surface area contributed by atoms with E-state index in [4.69, 9.17) is 4.74 Å². The summed E-state index contributed by atoms with van der Waals surface area (Å²) in [5.74, 6) is 0.295. The average molecular weight is 247 g/mol. The van der Waals surface area contributed by atoms with Crippen LogP contribution in [-0.4, -0.2) is 25.3 Å². The Kier molecular flexibility index (Phi) is 3.36. The standard InChI is InChI=1S/C14H17NO3/c1-9(2)6-7-15-12-8-10(18-3)4-5-11(12)13(16)14(15)17/h4-5,8-9H,6-7H2,1-3H3. The van der Waals surface area contributed by atoms with Crippen molar-refractivity contribution < 1.29 is 14.3 Å². The third-order valence-corrected chi connectivity index (χ3v) is 3.11. The van der Waals surface area contributed by atoms with Gasteiger partial charge in [-0.25, -0.2) is 0 Å². The van der Waals surface area contributed by atoms with Crippen LogP contribution in [0.4, 0.5) is 5.69 Å². The predicted octanol–water partition coefficient (Wildman–Crippen LogP) is 2.27. The van der Waals surface area contributed by atoms with Crippen LogP contribution in [0.1, 0.15) is 30.6 Å². The molecule has 1 aliphatic heterocycles. The molecular formula is C14H17NO3. The second kappa shape index (κ2) is 4.80. The number of nitrogens with zero attached hydrogens (tertiary/aromatic N) is 1. The molecule has 1 aromatic carbocycles. The van der Waals surface area contributed by atoms with Crippen LogP contribution in [0.3, 0.4) is 0 Å². The van der Waals surface area contributed by atoms with Crippen molar-refractivity contribution in [1.29, 1.82) is 0 Å². The first-order valence-corrected chi connectivity index (χ1v) is 6.09. The lowest BCUT2D eigenvalue weighted by atomic mass is 10.1. The van der Waals surface area contributed by atoms with E-state index < -0.39 is 11.7 Å². The van der Waals surface area contributed by atoms with Gasteiger partial charge in [0.1, 0.15) is 5.75 Å². The first-order valence-electron chi connectivity index (χ1n) is 6.09. The number of ether oxygens (including phenoxy) is 1. The van der Waals surface area contributed by atoms with Crippen molar-refractivity contribution in [1.82, 2.24) is 0 Å². The molecule has 0 saturated carbocycles. The molecule has 0 atom stereocenters. The van der Waals surface area contributed by atoms with Gasteiger partial charge in [-0.3, -0.25) is 9.59 Å². The normalized spacial score (nSPS) is 14.3. The molecule has 0 N–H and O–H groups in total. The molecule has 18 heavy (non-hydrogen) atoms. The van der Waals surface area contributed by atoms with Crippen LogP contribution in [-0.2, 0) is 4.79 Å². The molecule has 1 heterocycles. The maximum atomic E-state index is 11.9. The van der Waals surface area contributed by atoms with Crippen molar-refractivity contribution in [2.75, 3.05) is 18.6 Å². The van der Waals surface area contributed by atoms with Crippen LogP contribution < -0.4 is 9.64 Å². The number of ketones is 1. The molecule has 1 aliphatic rings. The summed E-state index contributed by atoms with van der Waals surface area (Å²) in [5, 5.41) is 0. The zero-order valence-electron chi connectivity index (χ0n) is 10.9. The number of anilines is 1. The molecule has 0 aromatic heterocycles. The highest BCUT2D eigenvalue weighted by molar-refractivity contribution is 6.52. The minimum absolute atomic E-state index is 0.420. The molecule has 4 nitrogen and oxygen atoms in total. The Bertz CT molecular complexity index is 494. The van der Waals surface area contributed by atoms with Gasteiger partial charge in [0.05, 0.1) is 18.4 Å². The largest absolute Gasteiger partial charge is 0.497 e. The van der Waals surface area contributed by atoms with E-state index in [1.54, 1.807) is 30.2 Å². The smallest absolute Gasteiger partial charge is 0.299 e. The van der Waals surface area contributed by atoms with E-state index in [1.807, 2.05) is 0 Å². The van der Waals surface area contributed by atoms with E-state index >= 15 is 0 Å². The molecule has 0 fully saturated rings. The second-order valence-corrected chi connectivity index (χ2v) is 4.85. The van der Waals surface area contributed by atoms with Crippen LogP contribution in [0.25, 0.3) is 0 Å². The van der Waals surface area contributed by atoms with E-state index in [1.165, 1.54) is 0 Å². The number of fused-ring (bicyclic) bond motifs is 1. The number of methoxy groups -OCH3 is 1. The van der Waals surface area contributed by atoms with Gasteiger partial charge in [-0.15, -0.1) is 0 Å². The maximum absolute atomic E-state index is 11.9. The highest BCUT2D eigenvalue weighted by atomic mass is 16.5. The number of Topliss-reactive ketones (excluding diaryl/α,β-unsaturated/α-hetero) is 1. The zero-order chi connectivity index (χ0) is 13.3. The van der Waals surface area contributed by atoms with Crippen molar-refractivity contribution >= 4 is 17.4 Å². The van der Waals surface area contributed by atoms with Crippen LogP contribution >= 0.6 is 0 Å². The Morgan fingerprint density at radius 1 is 1.28 bits per heavy atom. The summed E-state index contributed by atoms with van der Waals surface area (Å²) < 4.78 is 5.13. The summed E-state index contributed by atoms with van der Waals surface area (Å²) in [5.41, 5.74) is 1.15. The van der Waals surface area contributed by atoms with E-state index in [2.05, 4.69) is 13.8 Å². The lowest BCUT2D eigenvalue weighted by Crippen LogP contribution is -2.31. The van der Waals surface area contributed by atoms with Crippen LogP contribution in [0, 0.1) is 5.92 Å². The molecule has 0 aliphatic carbocycles. The molecular weight excluding hydrogens is 230 g/mol. The van der Waals surface area contributed by atoms with E-state index in [0.717, 1.165) is 6.42 Å². The van der Waals surface area contributed by atoms with E-state index in [0.29, 0.717) is 29.5 Å². The van der Waals surface area contributed by atoms with Gasteiger partial charge in [0.15, 0.2) is 0 Å². The second-order valence-electron chi connectivity index (χ2n) is 4.85. The summed E-state index contributed by atoms with van der Waals surface area (Å²) in [6.45, 7) is 4.76. The molecule has 0 spiro atoms. The van der Waals surface area contributed by atoms with Gasteiger partial charge < -0.3 is 9.64 Å². The fourth-order valence-electron chi connectivity index (χ4n) is 2.01. The first-order chi connectivity index (χ1) is 8.54. The molecule has 0 radical (unpaired) electrons. The van der Waals surface area contributed by atoms with Crippen molar-refractivity contribution in [2.24, 2.45) is 5.92 Å². The van der Waals surface area contributed by atoms with Gasteiger partial charge in [0, 0.05) is 12.6 Å². The Hall–Kier alpha value is -1.84. The highest BCUT2D eigenvalue weighted by Gasteiger charge is 2.35. The summed E-state index contributed by atoms with van der Waals surface area (Å²) in [4.78, 5) is 25.3. The maximum Gasteiger partial charge on any atom is 0.299 e. The monoisotopic (exact) mass is 247 g/mol. The molecule has 1 aromatic rings. The summed E-state index contributed by atoms with van der Waals surface area (Å²) in [6.07, 6.45) is 0.871. The molecule has 4 heteroatoms. The lowest BCUT2D eigenvalue weighted by molar-refractivity contribution is -0.114. The topological polar surface area (TPSA) is 46.6 Å². The molecule has 2 rings (SSSR count). The van der Waals surface area contributed by atoms with Gasteiger partial charge in [-0.2, -0.15) is 0 Å². The predicted molar refractivity (Wildman–Crippen MR) is 69.1 cm³/mol. The molecule has 0 saturated heterocycles. The Balaban J connectivity index is 2.33. The Morgan fingerprint density at radius 2 is 2.00 bits per heavy atom. The van der Waals surface area contributed by atoms with Gasteiger partial charge >= 0.3 is 0 Å². The number of hydrogen-bond acceptors (Lipinski definition) is 3. The number of rotatable bonds is 4. The molecule has 96 valence electrons. The summed E-state index contributed by atoms with van der Waals surface area (Å²) in [7, 11) is 1.57. The number of carbonyl (C=O) groups is 2. The fraction of sp³-hybridized carbons (Fsp3) is 0.429. The van der Waals surface area contributed by atoms with Gasteiger partial charge in [0.25, 0.3) is 11.7 Å². The number of benzene rings is 1. The Labute approximate surface area is 107 Å². The van der Waals surface area contributed by atoms with Gasteiger partial charge in [-0.1, -0.05) is 13.8 Å². The minimum Gasteiger partial charge on any atom is -0.497 e. The van der Waals surface area contributed by atoms with Crippen molar-refractivity contribution in [2.45, 2.75) is 20.3 Å². The quantitative estimate of drug-likeness (QED) is 0.767. The SMILES string of the molecule is COc1ccc2c(c1)N(CCC(C)C)C(=O)C2=O. The number of carbonyl (C=O) groups excluding carboxylic acids is 2. The van der Waals surface area contributed by atoms with Crippen molar-refractivity contribution in [3.05, 3.63) is 23.8 Å². The summed E-state index contributed by atoms with van der Waals surface area (Å²) in [6, 6.07) is 5.11. The first kappa shape index (κ1) is 12.6. The average Bonchev–Trinajstić information content (AvgIpc) is 2.59. The number of amides is 1. The Morgan fingerprint density at radius 3 is 2.61 bits per heavy atom. The van der Waals surface area contributed by atoms with Crippen molar-refractivity contribution in [3.63, 3.8) is 0 Å². The van der Waals surface area contributed by atoms with Crippen molar-refractivity contribution in [3.8, 4) is 5.75 Å². The third kappa shape index (κ3) is 2.10. The molecule has 0 unspecified atom stereocenters. The lowest BCUT2D eigenvalue weighted by Gasteiger charge is -2.18. The minimum atomic E-state index is -0.432. The van der Waals surface area contributed by atoms with Crippen LogP contribution in [0.2, 0.25) is 0 Å². The number of hydrogen-bond donors (Lipinski definition) is 0. The van der Waals surface area contributed by atoms with Crippen LogP contribution in [0.15, 0.2) is 18.2 Å². The third-order valence-electron chi connectivity index (χ3n) is 3.11. The van der Waals surface area contributed by atoms with E-state index in [-0.39, 0.29) is 0 Å². The van der Waals surface area contributed by atoms with E-state index in [9.17, 15) is 9.59 Å². The van der Waals surface area contributed by atoms with Crippen LogP contribution in [0.5, 0.6) is 5.75 Å². The molecule has 1 amide bonds. The molecule has 0 bridgehead atoms. The van der Waals surface area contributed by atoms with Gasteiger partial charge in [-0.05, 0) is 24.5 Å².